The van der Waals surface area contributed by atoms with Crippen molar-refractivity contribution in [2.75, 3.05) is 0 Å². The molecular formula is C21H27NO2S. The molecular weight excluding hydrogens is 330 g/mol. The van der Waals surface area contributed by atoms with Crippen LogP contribution in [0, 0.1) is 6.92 Å². The van der Waals surface area contributed by atoms with Crippen LogP contribution in [0.15, 0.2) is 53.4 Å². The average Bonchev–Trinajstić information content (AvgIpc) is 2.58. The summed E-state index contributed by atoms with van der Waals surface area (Å²) in [7, 11) is 0. The standard InChI is InChI=1S/C21H27NO2S/c1-5-17(13-16-12-11-15(2)19(23)14-16)22-20(24)21(3,4)25-18-9-7-6-8-10-18/h6-12,14,17,23H,5,13H2,1-4H3,(H,22,24). The van der Waals surface area contributed by atoms with Gasteiger partial charge < -0.3 is 10.4 Å². The molecule has 0 heterocycles. The Kier molecular flexibility index (Phi) is 6.54. The fourth-order valence-electron chi connectivity index (χ4n) is 2.55. The Morgan fingerprint density at radius 1 is 1.20 bits per heavy atom. The molecule has 1 unspecified atom stereocenters. The van der Waals surface area contributed by atoms with Crippen LogP contribution in [0.3, 0.4) is 0 Å². The molecule has 0 saturated carbocycles. The molecule has 0 saturated heterocycles. The maximum Gasteiger partial charge on any atom is 0.236 e. The summed E-state index contributed by atoms with van der Waals surface area (Å²) < 4.78 is -0.551. The molecule has 1 amide bonds. The maximum absolute atomic E-state index is 12.8. The van der Waals surface area contributed by atoms with Gasteiger partial charge in [0.2, 0.25) is 5.91 Å². The Balaban J connectivity index is 2.01. The van der Waals surface area contributed by atoms with Crippen molar-refractivity contribution in [1.29, 1.82) is 0 Å². The summed E-state index contributed by atoms with van der Waals surface area (Å²) >= 11 is 1.57. The van der Waals surface area contributed by atoms with Gasteiger partial charge in [-0.25, -0.2) is 0 Å². The van der Waals surface area contributed by atoms with Crippen molar-refractivity contribution in [3.63, 3.8) is 0 Å². The Morgan fingerprint density at radius 2 is 1.88 bits per heavy atom. The SMILES string of the molecule is CCC(Cc1ccc(C)c(O)c1)NC(=O)C(C)(C)Sc1ccccc1. The van der Waals surface area contributed by atoms with E-state index in [1.807, 2.05) is 63.2 Å². The van der Waals surface area contributed by atoms with Crippen LogP contribution in [0.2, 0.25) is 0 Å². The number of hydrogen-bond acceptors (Lipinski definition) is 3. The molecule has 0 aliphatic rings. The Morgan fingerprint density at radius 3 is 2.48 bits per heavy atom. The molecule has 0 aliphatic heterocycles. The molecule has 0 fully saturated rings. The minimum absolute atomic E-state index is 0.0320. The van der Waals surface area contributed by atoms with E-state index in [0.29, 0.717) is 12.2 Å². The molecule has 0 radical (unpaired) electrons. The van der Waals surface area contributed by atoms with Gasteiger partial charge in [0, 0.05) is 10.9 Å². The number of carbonyl (C=O) groups excluding carboxylic acids is 1. The topological polar surface area (TPSA) is 49.3 Å². The molecule has 0 spiro atoms. The van der Waals surface area contributed by atoms with Crippen LogP contribution < -0.4 is 5.32 Å². The van der Waals surface area contributed by atoms with Gasteiger partial charge in [-0.3, -0.25) is 4.79 Å². The molecule has 0 bridgehead atoms. The Hall–Kier alpha value is -1.94. The van der Waals surface area contributed by atoms with E-state index in [-0.39, 0.29) is 11.9 Å². The zero-order valence-electron chi connectivity index (χ0n) is 15.4. The first-order valence-corrected chi connectivity index (χ1v) is 9.47. The number of nitrogens with one attached hydrogen (secondary N) is 1. The number of benzene rings is 2. The van der Waals surface area contributed by atoms with Gasteiger partial charge in [-0.2, -0.15) is 0 Å². The highest BCUT2D eigenvalue weighted by molar-refractivity contribution is 8.01. The van der Waals surface area contributed by atoms with Crippen molar-refractivity contribution in [3.05, 3.63) is 59.7 Å². The first-order chi connectivity index (χ1) is 11.8. The molecule has 2 aromatic carbocycles. The third kappa shape index (κ3) is 5.53. The lowest BCUT2D eigenvalue weighted by Crippen LogP contribution is -2.45. The highest BCUT2D eigenvalue weighted by Gasteiger charge is 2.30. The predicted molar refractivity (Wildman–Crippen MR) is 105 cm³/mol. The summed E-state index contributed by atoms with van der Waals surface area (Å²) in [5.41, 5.74) is 1.89. The van der Waals surface area contributed by atoms with Crippen molar-refractivity contribution in [1.82, 2.24) is 5.32 Å². The second-order valence-electron chi connectivity index (χ2n) is 6.83. The summed E-state index contributed by atoms with van der Waals surface area (Å²) in [5, 5.41) is 13.0. The predicted octanol–water partition coefficient (Wildman–Crippen LogP) is 4.71. The molecule has 25 heavy (non-hydrogen) atoms. The largest absolute Gasteiger partial charge is 0.508 e. The number of thioether (sulfide) groups is 1. The molecule has 2 aromatic rings. The van der Waals surface area contributed by atoms with Gasteiger partial charge in [-0.1, -0.05) is 37.3 Å². The van der Waals surface area contributed by atoms with Crippen LogP contribution in [-0.2, 0) is 11.2 Å². The maximum atomic E-state index is 12.8. The summed E-state index contributed by atoms with van der Waals surface area (Å²) in [4.78, 5) is 13.9. The number of hydrogen-bond donors (Lipinski definition) is 2. The normalized spacial score (nSPS) is 12.6. The first-order valence-electron chi connectivity index (χ1n) is 8.65. The highest BCUT2D eigenvalue weighted by atomic mass is 32.2. The van der Waals surface area contributed by atoms with Crippen molar-refractivity contribution in [2.45, 2.75) is 56.2 Å². The Labute approximate surface area is 154 Å². The van der Waals surface area contributed by atoms with Crippen molar-refractivity contribution in [3.8, 4) is 5.75 Å². The fraction of sp³-hybridized carbons (Fsp3) is 0.381. The summed E-state index contributed by atoms with van der Waals surface area (Å²) in [6.07, 6.45) is 1.55. The van der Waals surface area contributed by atoms with Gasteiger partial charge in [-0.05, 0) is 62.9 Å². The minimum atomic E-state index is -0.551. The van der Waals surface area contributed by atoms with E-state index in [1.54, 1.807) is 17.8 Å². The van der Waals surface area contributed by atoms with Gasteiger partial charge >= 0.3 is 0 Å². The zero-order valence-corrected chi connectivity index (χ0v) is 16.2. The van der Waals surface area contributed by atoms with E-state index >= 15 is 0 Å². The lowest BCUT2D eigenvalue weighted by molar-refractivity contribution is -0.123. The average molecular weight is 358 g/mol. The molecule has 0 aliphatic carbocycles. The second kappa shape index (κ2) is 8.43. The molecule has 2 rings (SSSR count). The van der Waals surface area contributed by atoms with Gasteiger partial charge in [0.05, 0.1) is 4.75 Å². The second-order valence-corrected chi connectivity index (χ2v) is 8.53. The third-order valence-corrected chi connectivity index (χ3v) is 5.45. The van der Waals surface area contributed by atoms with E-state index in [9.17, 15) is 9.90 Å². The number of carbonyl (C=O) groups is 1. The van der Waals surface area contributed by atoms with Crippen molar-refractivity contribution < 1.29 is 9.90 Å². The van der Waals surface area contributed by atoms with Gasteiger partial charge in [0.25, 0.3) is 0 Å². The zero-order chi connectivity index (χ0) is 18.4. The number of amides is 1. The number of rotatable bonds is 7. The summed E-state index contributed by atoms with van der Waals surface area (Å²) in [6.45, 7) is 7.84. The van der Waals surface area contributed by atoms with Crippen LogP contribution in [0.4, 0.5) is 0 Å². The van der Waals surface area contributed by atoms with E-state index in [0.717, 1.165) is 22.4 Å². The smallest absolute Gasteiger partial charge is 0.236 e. The van der Waals surface area contributed by atoms with Crippen molar-refractivity contribution >= 4 is 17.7 Å². The minimum Gasteiger partial charge on any atom is -0.508 e. The molecule has 3 nitrogen and oxygen atoms in total. The van der Waals surface area contributed by atoms with Crippen LogP contribution in [0.1, 0.15) is 38.3 Å². The molecule has 0 aromatic heterocycles. The number of phenols is 1. The number of aromatic hydroxyl groups is 1. The highest BCUT2D eigenvalue weighted by Crippen LogP contribution is 2.32. The van der Waals surface area contributed by atoms with E-state index in [4.69, 9.17) is 0 Å². The van der Waals surface area contributed by atoms with Gasteiger partial charge in [0.15, 0.2) is 0 Å². The van der Waals surface area contributed by atoms with Crippen LogP contribution in [0.25, 0.3) is 0 Å². The van der Waals surface area contributed by atoms with E-state index < -0.39 is 4.75 Å². The molecule has 4 heteroatoms. The van der Waals surface area contributed by atoms with E-state index in [1.165, 1.54) is 0 Å². The van der Waals surface area contributed by atoms with Crippen LogP contribution >= 0.6 is 11.8 Å². The summed E-state index contributed by atoms with van der Waals surface area (Å²) in [6, 6.07) is 15.7. The van der Waals surface area contributed by atoms with E-state index in [2.05, 4.69) is 12.2 Å². The summed E-state index contributed by atoms with van der Waals surface area (Å²) in [5.74, 6) is 0.336. The monoisotopic (exact) mass is 357 g/mol. The quantitative estimate of drug-likeness (QED) is 0.706. The van der Waals surface area contributed by atoms with Gasteiger partial charge in [-0.15, -0.1) is 11.8 Å². The molecule has 2 N–H and O–H groups in total. The molecule has 134 valence electrons. The van der Waals surface area contributed by atoms with Crippen LogP contribution in [-0.4, -0.2) is 21.8 Å². The third-order valence-electron chi connectivity index (χ3n) is 4.25. The lowest BCUT2D eigenvalue weighted by Gasteiger charge is -2.27. The van der Waals surface area contributed by atoms with Crippen molar-refractivity contribution in [2.24, 2.45) is 0 Å². The van der Waals surface area contributed by atoms with Gasteiger partial charge in [0.1, 0.15) is 5.75 Å². The first kappa shape index (κ1) is 19.4. The fourth-order valence-corrected chi connectivity index (χ4v) is 3.59. The lowest BCUT2D eigenvalue weighted by atomic mass is 10.0. The Bertz CT molecular complexity index is 713. The number of phenolic OH excluding ortho intramolecular Hbond substituents is 1. The molecule has 1 atom stereocenters. The number of aryl methyl sites for hydroxylation is 1. The van der Waals surface area contributed by atoms with Crippen LogP contribution in [0.5, 0.6) is 5.75 Å².